The third kappa shape index (κ3) is 1.70. The van der Waals surface area contributed by atoms with Crippen molar-refractivity contribution in [2.24, 2.45) is 5.73 Å². The molecule has 0 unspecified atom stereocenters. The van der Waals surface area contributed by atoms with Crippen molar-refractivity contribution in [3.63, 3.8) is 0 Å². The van der Waals surface area contributed by atoms with Crippen molar-refractivity contribution in [3.05, 3.63) is 34.2 Å². The van der Waals surface area contributed by atoms with Gasteiger partial charge in [-0.1, -0.05) is 17.7 Å². The quantitative estimate of drug-likeness (QED) is 0.767. The average Bonchev–Trinajstić information content (AvgIpc) is 2.46. The molecule has 0 aliphatic heterocycles. The molecule has 0 saturated heterocycles. The topological polar surface area (TPSA) is 26.0 Å². The maximum atomic E-state index is 5.88. The fourth-order valence-corrected chi connectivity index (χ4v) is 2.54. The number of benzene rings is 1. The summed E-state index contributed by atoms with van der Waals surface area (Å²) in [4.78, 5) is 1.21. The molecule has 0 spiro atoms. The highest BCUT2D eigenvalue weighted by molar-refractivity contribution is 7.19. The first-order valence-corrected chi connectivity index (χ1v) is 5.31. The van der Waals surface area contributed by atoms with Gasteiger partial charge in [-0.3, -0.25) is 0 Å². The number of rotatable bonds is 1. The van der Waals surface area contributed by atoms with Gasteiger partial charge in [0.05, 0.1) is 0 Å². The molecule has 0 aliphatic carbocycles. The number of hydrogen-bond acceptors (Lipinski definition) is 2. The van der Waals surface area contributed by atoms with Gasteiger partial charge < -0.3 is 5.73 Å². The van der Waals surface area contributed by atoms with E-state index in [0.29, 0.717) is 0 Å². The molecule has 0 fully saturated rings. The smallest absolute Gasteiger partial charge is 0.0420 e. The van der Waals surface area contributed by atoms with Gasteiger partial charge in [0, 0.05) is 20.6 Å². The Morgan fingerprint density at radius 1 is 1.38 bits per heavy atom. The molecule has 0 bridgehead atoms. The summed E-state index contributed by atoms with van der Waals surface area (Å²) < 4.78 is 1.21. The van der Waals surface area contributed by atoms with Crippen LogP contribution in [0.25, 0.3) is 10.1 Å². The summed E-state index contributed by atoms with van der Waals surface area (Å²) in [6.45, 7) is 1.99. The second-order valence-corrected chi connectivity index (χ2v) is 4.67. The van der Waals surface area contributed by atoms with Gasteiger partial charge in [-0.2, -0.15) is 0 Å². The zero-order valence-electron chi connectivity index (χ0n) is 7.25. The lowest BCUT2D eigenvalue weighted by Gasteiger charge is -1.96. The van der Waals surface area contributed by atoms with Gasteiger partial charge in [0.25, 0.3) is 0 Å². The van der Waals surface area contributed by atoms with Crippen LogP contribution < -0.4 is 5.73 Å². The number of hydrogen-bond donors (Lipinski definition) is 1. The van der Waals surface area contributed by atoms with E-state index in [1.807, 2.05) is 25.1 Å². The minimum Gasteiger partial charge on any atom is -0.324 e. The highest BCUT2D eigenvalue weighted by Gasteiger charge is 2.05. The lowest BCUT2D eigenvalue weighted by Crippen LogP contribution is -2.01. The Hall–Kier alpha value is -0.570. The molecule has 68 valence electrons. The van der Waals surface area contributed by atoms with Crippen LogP contribution in [-0.4, -0.2) is 0 Å². The fourth-order valence-electron chi connectivity index (χ4n) is 1.25. The van der Waals surface area contributed by atoms with E-state index in [2.05, 4.69) is 6.07 Å². The number of thiophene rings is 1. The van der Waals surface area contributed by atoms with E-state index >= 15 is 0 Å². The monoisotopic (exact) mass is 211 g/mol. The molecule has 1 nitrogen and oxygen atoms in total. The summed E-state index contributed by atoms with van der Waals surface area (Å²) in [6, 6.07) is 8.15. The summed E-state index contributed by atoms with van der Waals surface area (Å²) in [6.07, 6.45) is 0. The van der Waals surface area contributed by atoms with Crippen LogP contribution in [-0.2, 0) is 0 Å². The van der Waals surface area contributed by atoms with Crippen molar-refractivity contribution < 1.29 is 0 Å². The minimum absolute atomic E-state index is 0.108. The zero-order chi connectivity index (χ0) is 9.42. The maximum absolute atomic E-state index is 5.88. The van der Waals surface area contributed by atoms with Gasteiger partial charge in [0.1, 0.15) is 0 Å². The van der Waals surface area contributed by atoms with Crippen molar-refractivity contribution in [1.82, 2.24) is 0 Å². The molecule has 0 amide bonds. The average molecular weight is 212 g/mol. The Morgan fingerprint density at radius 2 is 2.15 bits per heavy atom. The number of fused-ring (bicyclic) bond motifs is 1. The SMILES string of the molecule is C[C@@H](N)c1cc2ccc(Cl)cc2s1. The lowest BCUT2D eigenvalue weighted by molar-refractivity contribution is 0.839. The molecule has 2 N–H and O–H groups in total. The fraction of sp³-hybridized carbons (Fsp3) is 0.200. The van der Waals surface area contributed by atoms with Crippen LogP contribution >= 0.6 is 22.9 Å². The van der Waals surface area contributed by atoms with Gasteiger partial charge in [-0.05, 0) is 30.5 Å². The maximum Gasteiger partial charge on any atom is 0.0420 e. The van der Waals surface area contributed by atoms with E-state index in [1.54, 1.807) is 11.3 Å². The van der Waals surface area contributed by atoms with E-state index in [9.17, 15) is 0 Å². The second-order valence-electron chi connectivity index (χ2n) is 3.12. The molecule has 1 atom stereocenters. The van der Waals surface area contributed by atoms with Crippen molar-refractivity contribution in [2.45, 2.75) is 13.0 Å². The van der Waals surface area contributed by atoms with Crippen LogP contribution in [0.3, 0.4) is 0 Å². The van der Waals surface area contributed by atoms with E-state index in [1.165, 1.54) is 15.0 Å². The summed E-state index contributed by atoms with van der Waals surface area (Å²) in [5.74, 6) is 0. The van der Waals surface area contributed by atoms with Crippen LogP contribution in [0.5, 0.6) is 0 Å². The van der Waals surface area contributed by atoms with Crippen LogP contribution in [0, 0.1) is 0 Å². The summed E-state index contributed by atoms with van der Waals surface area (Å²) in [5.41, 5.74) is 5.79. The molecule has 0 aliphatic rings. The number of nitrogens with two attached hydrogens (primary N) is 1. The molecule has 0 saturated carbocycles. The van der Waals surface area contributed by atoms with Crippen molar-refractivity contribution in [1.29, 1.82) is 0 Å². The predicted molar refractivity (Wildman–Crippen MR) is 59.4 cm³/mol. The molecule has 1 aromatic carbocycles. The molecule has 1 heterocycles. The summed E-state index contributed by atoms with van der Waals surface area (Å²) >= 11 is 7.59. The lowest BCUT2D eigenvalue weighted by atomic mass is 10.2. The molecule has 2 aromatic rings. The minimum atomic E-state index is 0.108. The largest absolute Gasteiger partial charge is 0.324 e. The van der Waals surface area contributed by atoms with Crippen molar-refractivity contribution in [2.75, 3.05) is 0 Å². The van der Waals surface area contributed by atoms with Gasteiger partial charge in [0.2, 0.25) is 0 Å². The third-order valence-corrected chi connectivity index (χ3v) is 3.48. The zero-order valence-corrected chi connectivity index (χ0v) is 8.82. The molecule has 1 aromatic heterocycles. The van der Waals surface area contributed by atoms with Crippen molar-refractivity contribution in [3.8, 4) is 0 Å². The molecule has 13 heavy (non-hydrogen) atoms. The van der Waals surface area contributed by atoms with Crippen LogP contribution in [0.15, 0.2) is 24.3 Å². The Kier molecular flexibility index (Phi) is 2.28. The highest BCUT2D eigenvalue weighted by atomic mass is 35.5. The Morgan fingerprint density at radius 3 is 2.85 bits per heavy atom. The van der Waals surface area contributed by atoms with E-state index in [-0.39, 0.29) is 6.04 Å². The van der Waals surface area contributed by atoms with Crippen LogP contribution in [0.2, 0.25) is 5.02 Å². The predicted octanol–water partition coefficient (Wildman–Crippen LogP) is 3.57. The first-order valence-electron chi connectivity index (χ1n) is 4.11. The number of halogens is 1. The van der Waals surface area contributed by atoms with Gasteiger partial charge in [-0.15, -0.1) is 11.3 Å². The van der Waals surface area contributed by atoms with E-state index < -0.39 is 0 Å². The highest BCUT2D eigenvalue weighted by Crippen LogP contribution is 2.30. The molecular formula is C10H10ClNS. The van der Waals surface area contributed by atoms with E-state index in [4.69, 9.17) is 17.3 Å². The van der Waals surface area contributed by atoms with E-state index in [0.717, 1.165) is 5.02 Å². The first-order chi connectivity index (χ1) is 6.16. The summed E-state index contributed by atoms with van der Waals surface area (Å²) in [5, 5.41) is 2.01. The normalized spacial score (nSPS) is 13.5. The standard InChI is InChI=1S/C10H10ClNS/c1-6(12)9-4-7-2-3-8(11)5-10(7)13-9/h2-6H,12H2,1H3/t6-/m1/s1. The molecule has 0 radical (unpaired) electrons. The third-order valence-electron chi connectivity index (χ3n) is 1.95. The Balaban J connectivity index is 2.62. The Labute approximate surface area is 86.1 Å². The van der Waals surface area contributed by atoms with Crippen LogP contribution in [0.4, 0.5) is 0 Å². The van der Waals surface area contributed by atoms with Gasteiger partial charge in [0.15, 0.2) is 0 Å². The second kappa shape index (κ2) is 3.29. The van der Waals surface area contributed by atoms with Crippen LogP contribution in [0.1, 0.15) is 17.8 Å². The Bertz CT molecular complexity index is 433. The summed E-state index contributed by atoms with van der Waals surface area (Å²) in [7, 11) is 0. The molecule has 3 heteroatoms. The first kappa shape index (κ1) is 9.00. The van der Waals surface area contributed by atoms with Gasteiger partial charge in [-0.25, -0.2) is 0 Å². The molecular weight excluding hydrogens is 202 g/mol. The van der Waals surface area contributed by atoms with Gasteiger partial charge >= 0.3 is 0 Å². The molecule has 2 rings (SSSR count). The van der Waals surface area contributed by atoms with Crippen molar-refractivity contribution >= 4 is 33.0 Å².